The van der Waals surface area contributed by atoms with E-state index in [9.17, 15) is 5.11 Å². The third-order valence-electron chi connectivity index (χ3n) is 4.67. The van der Waals surface area contributed by atoms with E-state index in [1.165, 1.54) is 0 Å². The standard InChI is InChI=1S/C21H28N4O2.HI/c1-3-27-18-8-6-7-17(15-18)16-23-21(22-2)25-13-11-24(12-14-25)19-9-4-5-10-20(19)26;/h4-10,15,26H,3,11-14,16H2,1-2H3,(H,22,23);1H. The highest BCUT2D eigenvalue weighted by Gasteiger charge is 2.21. The summed E-state index contributed by atoms with van der Waals surface area (Å²) in [6, 6.07) is 15.6. The Kier molecular flexibility index (Phi) is 8.69. The number of hydrogen-bond acceptors (Lipinski definition) is 4. The quantitative estimate of drug-likeness (QED) is 0.378. The fraction of sp³-hybridized carbons (Fsp3) is 0.381. The molecule has 1 aliphatic heterocycles. The van der Waals surface area contributed by atoms with Crippen molar-refractivity contribution in [3.63, 3.8) is 0 Å². The molecule has 0 radical (unpaired) electrons. The number of piperazine rings is 1. The minimum absolute atomic E-state index is 0. The molecule has 0 unspecified atom stereocenters. The summed E-state index contributed by atoms with van der Waals surface area (Å²) in [4.78, 5) is 8.90. The lowest BCUT2D eigenvalue weighted by atomic mass is 10.2. The minimum Gasteiger partial charge on any atom is -0.506 e. The van der Waals surface area contributed by atoms with Crippen molar-refractivity contribution in [2.75, 3.05) is 44.7 Å². The number of aromatic hydroxyl groups is 1. The molecule has 2 aromatic rings. The average molecular weight is 496 g/mol. The van der Waals surface area contributed by atoms with Crippen LogP contribution in [0.15, 0.2) is 53.5 Å². The number of nitrogens with one attached hydrogen (secondary N) is 1. The summed E-state index contributed by atoms with van der Waals surface area (Å²) >= 11 is 0. The molecule has 2 aromatic carbocycles. The number of anilines is 1. The zero-order chi connectivity index (χ0) is 19.1. The first-order valence-electron chi connectivity index (χ1n) is 9.41. The van der Waals surface area contributed by atoms with E-state index in [1.807, 2.05) is 44.3 Å². The molecule has 1 fully saturated rings. The van der Waals surface area contributed by atoms with Crippen molar-refractivity contribution in [2.45, 2.75) is 13.5 Å². The lowest BCUT2D eigenvalue weighted by molar-refractivity contribution is 0.339. The van der Waals surface area contributed by atoms with Crippen molar-refractivity contribution >= 4 is 35.6 Å². The Morgan fingerprint density at radius 1 is 1.11 bits per heavy atom. The van der Waals surface area contributed by atoms with E-state index in [-0.39, 0.29) is 24.0 Å². The Morgan fingerprint density at radius 3 is 2.54 bits per heavy atom. The van der Waals surface area contributed by atoms with Gasteiger partial charge in [-0.05, 0) is 36.8 Å². The van der Waals surface area contributed by atoms with E-state index in [4.69, 9.17) is 4.74 Å². The van der Waals surface area contributed by atoms with Crippen molar-refractivity contribution in [1.82, 2.24) is 10.2 Å². The summed E-state index contributed by atoms with van der Waals surface area (Å²) < 4.78 is 5.57. The van der Waals surface area contributed by atoms with Crippen LogP contribution in [0.4, 0.5) is 5.69 Å². The Labute approximate surface area is 184 Å². The van der Waals surface area contributed by atoms with Crippen LogP contribution < -0.4 is 15.0 Å². The number of aliphatic imine (C=N–C) groups is 1. The number of guanidine groups is 1. The highest BCUT2D eigenvalue weighted by atomic mass is 127. The lowest BCUT2D eigenvalue weighted by Gasteiger charge is -2.37. The van der Waals surface area contributed by atoms with E-state index in [2.05, 4.69) is 32.2 Å². The predicted molar refractivity (Wildman–Crippen MR) is 125 cm³/mol. The number of nitrogens with zero attached hydrogens (tertiary/aromatic N) is 3. The van der Waals surface area contributed by atoms with Crippen molar-refractivity contribution in [3.8, 4) is 11.5 Å². The van der Waals surface area contributed by atoms with Gasteiger partial charge in [0.25, 0.3) is 0 Å². The summed E-state index contributed by atoms with van der Waals surface area (Å²) in [7, 11) is 1.81. The van der Waals surface area contributed by atoms with E-state index in [0.717, 1.165) is 49.1 Å². The van der Waals surface area contributed by atoms with Crippen LogP contribution in [0.1, 0.15) is 12.5 Å². The van der Waals surface area contributed by atoms with Gasteiger partial charge >= 0.3 is 0 Å². The smallest absolute Gasteiger partial charge is 0.194 e. The van der Waals surface area contributed by atoms with E-state index in [0.29, 0.717) is 18.9 Å². The molecule has 0 aliphatic carbocycles. The van der Waals surface area contributed by atoms with Gasteiger partial charge in [0.1, 0.15) is 11.5 Å². The highest BCUT2D eigenvalue weighted by Crippen LogP contribution is 2.27. The van der Waals surface area contributed by atoms with Gasteiger partial charge in [0, 0.05) is 39.8 Å². The summed E-state index contributed by atoms with van der Waals surface area (Å²) in [5.41, 5.74) is 2.06. The van der Waals surface area contributed by atoms with Crippen LogP contribution in [0, 0.1) is 0 Å². The molecular formula is C21H29IN4O2. The number of phenols is 1. The van der Waals surface area contributed by atoms with Crippen molar-refractivity contribution in [1.29, 1.82) is 0 Å². The number of benzene rings is 2. The molecule has 1 aliphatic rings. The first-order valence-corrected chi connectivity index (χ1v) is 9.41. The van der Waals surface area contributed by atoms with Gasteiger partial charge in [0.05, 0.1) is 12.3 Å². The van der Waals surface area contributed by atoms with Crippen molar-refractivity contribution in [3.05, 3.63) is 54.1 Å². The third kappa shape index (κ3) is 5.67. The molecule has 152 valence electrons. The maximum Gasteiger partial charge on any atom is 0.194 e. The van der Waals surface area contributed by atoms with Gasteiger partial charge in [-0.25, -0.2) is 0 Å². The maximum atomic E-state index is 10.1. The van der Waals surface area contributed by atoms with E-state index >= 15 is 0 Å². The number of hydrogen-bond donors (Lipinski definition) is 2. The maximum absolute atomic E-state index is 10.1. The van der Waals surface area contributed by atoms with Gasteiger partial charge in [0.15, 0.2) is 5.96 Å². The number of phenolic OH excluding ortho intramolecular Hbond substituents is 1. The molecule has 0 aromatic heterocycles. The van der Waals surface area contributed by atoms with Crippen molar-refractivity contribution in [2.24, 2.45) is 4.99 Å². The second-order valence-electron chi connectivity index (χ2n) is 6.44. The SMILES string of the molecule is CCOc1cccc(CNC(=NC)N2CCN(c3ccccc3O)CC2)c1.I. The van der Waals surface area contributed by atoms with Crippen LogP contribution in [-0.2, 0) is 6.54 Å². The molecule has 0 saturated carbocycles. The van der Waals surface area contributed by atoms with Gasteiger partial charge in [0.2, 0.25) is 0 Å². The number of para-hydroxylation sites is 2. The van der Waals surface area contributed by atoms with Crippen LogP contribution in [0.5, 0.6) is 11.5 Å². The molecule has 28 heavy (non-hydrogen) atoms. The molecular weight excluding hydrogens is 467 g/mol. The fourth-order valence-corrected chi connectivity index (χ4v) is 3.32. The largest absolute Gasteiger partial charge is 0.506 e. The van der Waals surface area contributed by atoms with Gasteiger partial charge in [-0.3, -0.25) is 4.99 Å². The number of rotatable bonds is 5. The van der Waals surface area contributed by atoms with Gasteiger partial charge in [-0.1, -0.05) is 24.3 Å². The summed E-state index contributed by atoms with van der Waals surface area (Å²) in [5, 5.41) is 13.5. The zero-order valence-corrected chi connectivity index (χ0v) is 18.8. The highest BCUT2D eigenvalue weighted by molar-refractivity contribution is 14.0. The molecule has 1 heterocycles. The number of halogens is 1. The van der Waals surface area contributed by atoms with Crippen LogP contribution in [0.3, 0.4) is 0 Å². The normalized spacial score (nSPS) is 14.4. The summed E-state index contributed by atoms with van der Waals surface area (Å²) in [6.07, 6.45) is 0. The first-order chi connectivity index (χ1) is 13.2. The van der Waals surface area contributed by atoms with Crippen LogP contribution >= 0.6 is 24.0 Å². The second-order valence-corrected chi connectivity index (χ2v) is 6.44. The Morgan fingerprint density at radius 2 is 1.86 bits per heavy atom. The molecule has 0 spiro atoms. The van der Waals surface area contributed by atoms with E-state index in [1.54, 1.807) is 6.07 Å². The van der Waals surface area contributed by atoms with Crippen LogP contribution in [-0.4, -0.2) is 55.8 Å². The Balaban J connectivity index is 0.00000280. The number of ether oxygens (including phenoxy) is 1. The monoisotopic (exact) mass is 496 g/mol. The molecule has 1 saturated heterocycles. The Hall–Kier alpha value is -2.16. The van der Waals surface area contributed by atoms with Gasteiger partial charge in [-0.15, -0.1) is 24.0 Å². The fourth-order valence-electron chi connectivity index (χ4n) is 3.32. The zero-order valence-electron chi connectivity index (χ0n) is 16.5. The minimum atomic E-state index is 0. The molecule has 7 heteroatoms. The van der Waals surface area contributed by atoms with Gasteiger partial charge in [-0.2, -0.15) is 0 Å². The third-order valence-corrected chi connectivity index (χ3v) is 4.67. The second kappa shape index (κ2) is 11.0. The molecule has 3 rings (SSSR count). The molecule has 2 N–H and O–H groups in total. The predicted octanol–water partition coefficient (Wildman–Crippen LogP) is 3.31. The average Bonchev–Trinajstić information content (AvgIpc) is 2.70. The lowest BCUT2D eigenvalue weighted by Crippen LogP contribution is -2.52. The summed E-state index contributed by atoms with van der Waals surface area (Å²) in [6.45, 7) is 6.75. The van der Waals surface area contributed by atoms with E-state index < -0.39 is 0 Å². The molecule has 6 nitrogen and oxygen atoms in total. The topological polar surface area (TPSA) is 60.3 Å². The first kappa shape index (κ1) is 22.1. The molecule has 0 bridgehead atoms. The van der Waals surface area contributed by atoms with Gasteiger partial charge < -0.3 is 25.0 Å². The Bertz CT molecular complexity index is 777. The molecule has 0 atom stereocenters. The van der Waals surface area contributed by atoms with Crippen LogP contribution in [0.25, 0.3) is 0 Å². The molecule has 0 amide bonds. The van der Waals surface area contributed by atoms with Crippen LogP contribution in [0.2, 0.25) is 0 Å². The summed E-state index contributed by atoms with van der Waals surface area (Å²) in [5.74, 6) is 2.12. The van der Waals surface area contributed by atoms with Crippen molar-refractivity contribution < 1.29 is 9.84 Å².